The molecule has 0 aliphatic rings. The van der Waals surface area contributed by atoms with E-state index in [1.54, 1.807) is 11.0 Å². The van der Waals surface area contributed by atoms with E-state index in [1.165, 1.54) is 0 Å². The summed E-state index contributed by atoms with van der Waals surface area (Å²) in [6.45, 7) is 14.5. The fraction of sp³-hybridized carbons (Fsp3) is 0.611. The van der Waals surface area contributed by atoms with E-state index in [2.05, 4.69) is 5.32 Å². The first-order valence-electron chi connectivity index (χ1n) is 7.94. The highest BCUT2D eigenvalue weighted by Gasteiger charge is 2.30. The Morgan fingerprint density at radius 2 is 1.83 bits per heavy atom. The van der Waals surface area contributed by atoms with Gasteiger partial charge in [0, 0.05) is 24.3 Å². The summed E-state index contributed by atoms with van der Waals surface area (Å²) in [5, 5.41) is 12.8. The Morgan fingerprint density at radius 3 is 2.30 bits per heavy atom. The molecule has 5 nitrogen and oxygen atoms in total. The number of carbonyl (C=O) groups is 1. The second-order valence-electron chi connectivity index (χ2n) is 7.73. The van der Waals surface area contributed by atoms with E-state index < -0.39 is 5.60 Å². The van der Waals surface area contributed by atoms with Gasteiger partial charge < -0.3 is 20.1 Å². The van der Waals surface area contributed by atoms with Gasteiger partial charge in [0.05, 0.1) is 0 Å². The number of rotatable bonds is 4. The SMILES string of the molecule is Cc1cc(NCCN(C(=O)OC(C)(C)C)C(C)(C)C)ccc1O. The summed E-state index contributed by atoms with van der Waals surface area (Å²) in [4.78, 5) is 14.1. The minimum atomic E-state index is -0.512. The van der Waals surface area contributed by atoms with Crippen LogP contribution < -0.4 is 5.32 Å². The molecule has 23 heavy (non-hydrogen) atoms. The summed E-state index contributed by atoms with van der Waals surface area (Å²) in [6, 6.07) is 5.36. The lowest BCUT2D eigenvalue weighted by Crippen LogP contribution is -2.49. The lowest BCUT2D eigenvalue weighted by molar-refractivity contribution is 0.00749. The molecular formula is C18H30N2O3. The van der Waals surface area contributed by atoms with Crippen LogP contribution in [0.3, 0.4) is 0 Å². The van der Waals surface area contributed by atoms with E-state index in [4.69, 9.17) is 4.74 Å². The minimum Gasteiger partial charge on any atom is -0.508 e. The largest absolute Gasteiger partial charge is 0.508 e. The Balaban J connectivity index is 2.68. The summed E-state index contributed by atoms with van der Waals surface area (Å²) in [7, 11) is 0. The van der Waals surface area contributed by atoms with Crippen molar-refractivity contribution in [3.05, 3.63) is 23.8 Å². The van der Waals surface area contributed by atoms with Gasteiger partial charge in [-0.15, -0.1) is 0 Å². The van der Waals surface area contributed by atoms with Crippen LogP contribution in [0, 0.1) is 6.92 Å². The molecule has 1 aromatic carbocycles. The number of carbonyl (C=O) groups excluding carboxylic acids is 1. The van der Waals surface area contributed by atoms with E-state index in [-0.39, 0.29) is 17.4 Å². The van der Waals surface area contributed by atoms with Crippen molar-refractivity contribution in [3.63, 3.8) is 0 Å². The van der Waals surface area contributed by atoms with Gasteiger partial charge >= 0.3 is 6.09 Å². The third-order valence-corrected chi connectivity index (χ3v) is 3.28. The fourth-order valence-corrected chi connectivity index (χ4v) is 2.10. The molecule has 0 heterocycles. The van der Waals surface area contributed by atoms with Crippen LogP contribution in [-0.2, 0) is 4.74 Å². The van der Waals surface area contributed by atoms with Crippen molar-refractivity contribution in [2.75, 3.05) is 18.4 Å². The number of nitrogens with zero attached hydrogens (tertiary/aromatic N) is 1. The molecule has 0 spiro atoms. The number of nitrogens with one attached hydrogen (secondary N) is 1. The van der Waals surface area contributed by atoms with E-state index in [0.29, 0.717) is 13.1 Å². The smallest absolute Gasteiger partial charge is 0.410 e. The summed E-state index contributed by atoms with van der Waals surface area (Å²) in [5.74, 6) is 0.278. The number of ether oxygens (including phenoxy) is 1. The molecule has 0 aliphatic carbocycles. The zero-order valence-corrected chi connectivity index (χ0v) is 15.4. The molecule has 1 rings (SSSR count). The van der Waals surface area contributed by atoms with Gasteiger partial charge in [0.1, 0.15) is 11.4 Å². The molecule has 0 bridgehead atoms. The topological polar surface area (TPSA) is 61.8 Å². The molecular weight excluding hydrogens is 292 g/mol. The van der Waals surface area contributed by atoms with Gasteiger partial charge in [0.25, 0.3) is 0 Å². The van der Waals surface area contributed by atoms with Crippen LogP contribution >= 0.6 is 0 Å². The van der Waals surface area contributed by atoms with E-state index >= 15 is 0 Å². The highest BCUT2D eigenvalue weighted by atomic mass is 16.6. The van der Waals surface area contributed by atoms with Gasteiger partial charge in [0.15, 0.2) is 0 Å². The van der Waals surface area contributed by atoms with Crippen molar-refractivity contribution in [2.45, 2.75) is 59.6 Å². The monoisotopic (exact) mass is 322 g/mol. The summed E-state index contributed by atoms with van der Waals surface area (Å²) in [5.41, 5.74) is 0.893. The predicted molar refractivity (Wildman–Crippen MR) is 94.0 cm³/mol. The van der Waals surface area contributed by atoms with Gasteiger partial charge in [-0.05, 0) is 72.2 Å². The first-order valence-corrected chi connectivity index (χ1v) is 7.94. The summed E-state index contributed by atoms with van der Waals surface area (Å²) in [6.07, 6.45) is -0.311. The molecule has 0 fully saturated rings. The van der Waals surface area contributed by atoms with E-state index in [0.717, 1.165) is 11.3 Å². The van der Waals surface area contributed by atoms with Crippen LogP contribution in [0.15, 0.2) is 18.2 Å². The number of anilines is 1. The molecule has 1 aromatic rings. The number of benzene rings is 1. The molecule has 0 aliphatic heterocycles. The highest BCUT2D eigenvalue weighted by Crippen LogP contribution is 2.21. The molecule has 5 heteroatoms. The Morgan fingerprint density at radius 1 is 1.22 bits per heavy atom. The number of aryl methyl sites for hydroxylation is 1. The van der Waals surface area contributed by atoms with Crippen molar-refractivity contribution in [1.82, 2.24) is 4.90 Å². The summed E-state index contributed by atoms with van der Waals surface area (Å²) < 4.78 is 5.49. The lowest BCUT2D eigenvalue weighted by Gasteiger charge is -2.37. The Hall–Kier alpha value is -1.91. The molecule has 0 aromatic heterocycles. The molecule has 0 unspecified atom stereocenters. The molecule has 1 amide bonds. The van der Waals surface area contributed by atoms with Crippen LogP contribution in [0.5, 0.6) is 5.75 Å². The normalized spacial score (nSPS) is 12.0. The number of hydrogen-bond acceptors (Lipinski definition) is 4. The van der Waals surface area contributed by atoms with Crippen LogP contribution in [0.1, 0.15) is 47.1 Å². The average Bonchev–Trinajstić information content (AvgIpc) is 2.35. The molecule has 2 N–H and O–H groups in total. The minimum absolute atomic E-state index is 0.278. The molecule has 0 radical (unpaired) electrons. The quantitative estimate of drug-likeness (QED) is 0.818. The number of amides is 1. The maximum absolute atomic E-state index is 12.4. The van der Waals surface area contributed by atoms with Gasteiger partial charge in [-0.25, -0.2) is 4.79 Å². The zero-order chi connectivity index (χ0) is 17.8. The molecule has 0 saturated carbocycles. The van der Waals surface area contributed by atoms with Crippen LogP contribution in [0.2, 0.25) is 0 Å². The molecule has 0 saturated heterocycles. The fourth-order valence-electron chi connectivity index (χ4n) is 2.10. The van der Waals surface area contributed by atoms with Gasteiger partial charge in [-0.2, -0.15) is 0 Å². The van der Waals surface area contributed by atoms with Crippen molar-refractivity contribution in [1.29, 1.82) is 0 Å². The van der Waals surface area contributed by atoms with Crippen LogP contribution in [0.25, 0.3) is 0 Å². The van der Waals surface area contributed by atoms with E-state index in [9.17, 15) is 9.90 Å². The first kappa shape index (κ1) is 19.1. The predicted octanol–water partition coefficient (Wildman–Crippen LogP) is 4.15. The van der Waals surface area contributed by atoms with Gasteiger partial charge in [0.2, 0.25) is 0 Å². The number of phenolic OH excluding ortho intramolecular Hbond substituents is 1. The summed E-state index contributed by atoms with van der Waals surface area (Å²) >= 11 is 0. The molecule has 130 valence electrons. The van der Waals surface area contributed by atoms with Crippen molar-refractivity contribution in [2.24, 2.45) is 0 Å². The maximum Gasteiger partial charge on any atom is 0.410 e. The first-order chi connectivity index (χ1) is 10.4. The third-order valence-electron chi connectivity index (χ3n) is 3.28. The Bertz CT molecular complexity index is 542. The van der Waals surface area contributed by atoms with Crippen molar-refractivity contribution < 1.29 is 14.6 Å². The van der Waals surface area contributed by atoms with Crippen molar-refractivity contribution >= 4 is 11.8 Å². The van der Waals surface area contributed by atoms with E-state index in [1.807, 2.05) is 60.6 Å². The second kappa shape index (κ2) is 7.11. The Kier molecular flexibility index (Phi) is 5.92. The highest BCUT2D eigenvalue weighted by molar-refractivity contribution is 5.69. The number of hydrogen-bond donors (Lipinski definition) is 2. The van der Waals surface area contributed by atoms with Crippen molar-refractivity contribution in [3.8, 4) is 5.75 Å². The van der Waals surface area contributed by atoms with Gasteiger partial charge in [-0.3, -0.25) is 0 Å². The second-order valence-corrected chi connectivity index (χ2v) is 7.73. The zero-order valence-electron chi connectivity index (χ0n) is 15.4. The number of aromatic hydroxyl groups is 1. The van der Waals surface area contributed by atoms with Crippen LogP contribution in [-0.4, -0.2) is 40.3 Å². The lowest BCUT2D eigenvalue weighted by atomic mass is 10.1. The Labute approximate surface area is 139 Å². The van der Waals surface area contributed by atoms with Crippen LogP contribution in [0.4, 0.5) is 10.5 Å². The number of phenols is 1. The van der Waals surface area contributed by atoms with Gasteiger partial charge in [-0.1, -0.05) is 0 Å². The average molecular weight is 322 g/mol. The molecule has 0 atom stereocenters. The third kappa shape index (κ3) is 6.38. The standard InChI is InChI=1S/C18H30N2O3/c1-13-12-14(8-9-15(13)21)19-10-11-20(17(2,3)4)16(22)23-18(5,6)7/h8-9,12,19,21H,10-11H2,1-7H3. The maximum atomic E-state index is 12.4.